The van der Waals surface area contributed by atoms with Crippen LogP contribution in [-0.2, 0) is 13.0 Å². The van der Waals surface area contributed by atoms with E-state index in [0.29, 0.717) is 16.0 Å². The molecule has 0 bridgehead atoms. The quantitative estimate of drug-likeness (QED) is 0.914. The van der Waals surface area contributed by atoms with Gasteiger partial charge in [0, 0.05) is 5.02 Å². The number of hydrogen-bond acceptors (Lipinski definition) is 1. The molecule has 0 saturated carbocycles. The maximum atomic E-state index is 12.0. The molecule has 0 aliphatic carbocycles. The summed E-state index contributed by atoms with van der Waals surface area (Å²) in [6.07, 6.45) is 1.86. The Morgan fingerprint density at radius 2 is 2.22 bits per heavy atom. The SMILES string of the molecule is CCCc1[nH]n(Cc2cccc(Cl)c2)c(=O)c1Br. The zero-order chi connectivity index (χ0) is 13.1. The minimum atomic E-state index is -0.0292. The van der Waals surface area contributed by atoms with Gasteiger partial charge in [-0.2, -0.15) is 0 Å². The molecule has 0 saturated heterocycles. The Morgan fingerprint density at radius 3 is 2.89 bits per heavy atom. The highest BCUT2D eigenvalue weighted by Crippen LogP contribution is 2.14. The number of hydrogen-bond donors (Lipinski definition) is 1. The van der Waals surface area contributed by atoms with E-state index >= 15 is 0 Å². The van der Waals surface area contributed by atoms with Gasteiger partial charge in [-0.15, -0.1) is 0 Å². The van der Waals surface area contributed by atoms with Crippen LogP contribution in [0.3, 0.4) is 0 Å². The van der Waals surface area contributed by atoms with E-state index in [0.717, 1.165) is 24.1 Å². The third-order valence-electron chi connectivity index (χ3n) is 2.70. The van der Waals surface area contributed by atoms with Gasteiger partial charge in [-0.05, 0) is 40.0 Å². The highest BCUT2D eigenvalue weighted by molar-refractivity contribution is 9.10. The number of rotatable bonds is 4. The Bertz CT molecular complexity index is 603. The van der Waals surface area contributed by atoms with Gasteiger partial charge >= 0.3 is 0 Å². The van der Waals surface area contributed by atoms with Crippen molar-refractivity contribution in [3.63, 3.8) is 0 Å². The highest BCUT2D eigenvalue weighted by Gasteiger charge is 2.10. The number of H-pyrrole nitrogens is 1. The first kappa shape index (κ1) is 13.4. The molecule has 0 atom stereocenters. The second-order valence-corrected chi connectivity index (χ2v) is 5.40. The van der Waals surface area contributed by atoms with E-state index < -0.39 is 0 Å². The molecule has 2 aromatic rings. The summed E-state index contributed by atoms with van der Waals surface area (Å²) in [5.41, 5.74) is 1.92. The first-order chi connectivity index (χ1) is 8.61. The topological polar surface area (TPSA) is 37.8 Å². The molecule has 0 aliphatic heterocycles. The monoisotopic (exact) mass is 328 g/mol. The van der Waals surface area contributed by atoms with Crippen molar-refractivity contribution in [2.24, 2.45) is 0 Å². The van der Waals surface area contributed by atoms with Gasteiger partial charge in [0.05, 0.1) is 12.2 Å². The molecule has 0 unspecified atom stereocenters. The number of halogens is 2. The third-order valence-corrected chi connectivity index (χ3v) is 3.75. The molecule has 0 amide bonds. The van der Waals surface area contributed by atoms with Crippen molar-refractivity contribution >= 4 is 27.5 Å². The summed E-state index contributed by atoms with van der Waals surface area (Å²) in [5, 5.41) is 3.81. The van der Waals surface area contributed by atoms with E-state index in [2.05, 4.69) is 28.0 Å². The minimum Gasteiger partial charge on any atom is -0.298 e. The minimum absolute atomic E-state index is 0.0292. The first-order valence-electron chi connectivity index (χ1n) is 5.83. The molecule has 2 rings (SSSR count). The normalized spacial score (nSPS) is 10.8. The second-order valence-electron chi connectivity index (χ2n) is 4.18. The van der Waals surface area contributed by atoms with Crippen molar-refractivity contribution in [3.05, 3.63) is 55.4 Å². The Kier molecular flexibility index (Phi) is 4.30. The fourth-order valence-electron chi connectivity index (χ4n) is 1.86. The lowest BCUT2D eigenvalue weighted by Crippen LogP contribution is -2.17. The number of aromatic nitrogens is 2. The van der Waals surface area contributed by atoms with Crippen molar-refractivity contribution in [1.29, 1.82) is 0 Å². The van der Waals surface area contributed by atoms with Gasteiger partial charge in [-0.3, -0.25) is 9.89 Å². The molecule has 5 heteroatoms. The zero-order valence-corrected chi connectivity index (χ0v) is 12.4. The van der Waals surface area contributed by atoms with Crippen LogP contribution >= 0.6 is 27.5 Å². The van der Waals surface area contributed by atoms with Crippen LogP contribution in [-0.4, -0.2) is 9.78 Å². The van der Waals surface area contributed by atoms with Crippen LogP contribution in [0, 0.1) is 0 Å². The Labute approximate surface area is 119 Å². The van der Waals surface area contributed by atoms with E-state index in [4.69, 9.17) is 11.6 Å². The molecular weight excluding hydrogens is 316 g/mol. The Morgan fingerprint density at radius 1 is 1.44 bits per heavy atom. The van der Waals surface area contributed by atoms with Crippen molar-refractivity contribution < 1.29 is 0 Å². The van der Waals surface area contributed by atoms with Crippen LogP contribution in [0.2, 0.25) is 5.02 Å². The molecule has 1 heterocycles. The highest BCUT2D eigenvalue weighted by atomic mass is 79.9. The predicted octanol–water partition coefficient (Wildman–Crippen LogP) is 3.59. The summed E-state index contributed by atoms with van der Waals surface area (Å²) in [5.74, 6) is 0. The molecule has 1 aromatic carbocycles. The van der Waals surface area contributed by atoms with E-state index in [1.807, 2.05) is 24.3 Å². The van der Waals surface area contributed by atoms with Crippen molar-refractivity contribution in [3.8, 4) is 0 Å². The van der Waals surface area contributed by atoms with Crippen molar-refractivity contribution in [2.75, 3.05) is 0 Å². The fraction of sp³-hybridized carbons (Fsp3) is 0.308. The van der Waals surface area contributed by atoms with Gasteiger partial charge in [0.2, 0.25) is 0 Å². The fourth-order valence-corrected chi connectivity index (χ4v) is 2.57. The van der Waals surface area contributed by atoms with E-state index in [9.17, 15) is 4.79 Å². The largest absolute Gasteiger partial charge is 0.298 e. The number of benzene rings is 1. The molecule has 96 valence electrons. The zero-order valence-electron chi connectivity index (χ0n) is 10.0. The molecule has 3 nitrogen and oxygen atoms in total. The summed E-state index contributed by atoms with van der Waals surface area (Å²) in [6.45, 7) is 2.58. The van der Waals surface area contributed by atoms with Gasteiger partial charge in [-0.1, -0.05) is 37.1 Å². The number of nitrogens with one attached hydrogen (secondary N) is 1. The average molecular weight is 330 g/mol. The van der Waals surface area contributed by atoms with E-state index in [1.54, 1.807) is 4.68 Å². The molecule has 1 aromatic heterocycles. The van der Waals surface area contributed by atoms with E-state index in [1.165, 1.54) is 0 Å². The summed E-state index contributed by atoms with van der Waals surface area (Å²) < 4.78 is 2.23. The first-order valence-corrected chi connectivity index (χ1v) is 7.00. The van der Waals surface area contributed by atoms with Crippen molar-refractivity contribution in [1.82, 2.24) is 9.78 Å². The summed E-state index contributed by atoms with van der Waals surface area (Å²) in [4.78, 5) is 12.0. The number of aryl methyl sites for hydroxylation is 1. The van der Waals surface area contributed by atoms with Crippen LogP contribution in [0.5, 0.6) is 0 Å². The van der Waals surface area contributed by atoms with E-state index in [-0.39, 0.29) is 5.56 Å². The predicted molar refractivity (Wildman–Crippen MR) is 77.3 cm³/mol. The van der Waals surface area contributed by atoms with Crippen LogP contribution in [0.25, 0.3) is 0 Å². The number of nitrogens with zero attached hydrogens (tertiary/aromatic N) is 1. The van der Waals surface area contributed by atoms with Crippen LogP contribution in [0.4, 0.5) is 0 Å². The van der Waals surface area contributed by atoms with Crippen LogP contribution in [0.15, 0.2) is 33.5 Å². The summed E-state index contributed by atoms with van der Waals surface area (Å²) >= 11 is 9.27. The third kappa shape index (κ3) is 2.87. The average Bonchev–Trinajstić information content (AvgIpc) is 2.59. The molecule has 18 heavy (non-hydrogen) atoms. The Balaban J connectivity index is 2.29. The standard InChI is InChI=1S/C13H14BrClN2O/c1-2-4-11-12(14)13(18)17(16-11)8-9-5-3-6-10(15)7-9/h3,5-7,16H,2,4,8H2,1H3. The molecular formula is C13H14BrClN2O. The molecule has 0 fully saturated rings. The molecule has 0 radical (unpaired) electrons. The lowest BCUT2D eigenvalue weighted by atomic mass is 10.2. The van der Waals surface area contributed by atoms with Gasteiger partial charge < -0.3 is 0 Å². The lowest BCUT2D eigenvalue weighted by molar-refractivity contribution is 0.648. The van der Waals surface area contributed by atoms with Crippen LogP contribution < -0.4 is 5.56 Å². The molecule has 0 spiro atoms. The van der Waals surface area contributed by atoms with Crippen LogP contribution in [0.1, 0.15) is 24.6 Å². The van der Waals surface area contributed by atoms with Gasteiger partial charge in [0.1, 0.15) is 4.47 Å². The molecule has 1 N–H and O–H groups in total. The van der Waals surface area contributed by atoms with Gasteiger partial charge in [-0.25, -0.2) is 4.68 Å². The molecule has 0 aliphatic rings. The van der Waals surface area contributed by atoms with Gasteiger partial charge in [0.25, 0.3) is 5.56 Å². The lowest BCUT2D eigenvalue weighted by Gasteiger charge is -2.02. The summed E-state index contributed by atoms with van der Waals surface area (Å²) in [7, 11) is 0. The maximum absolute atomic E-state index is 12.0. The second kappa shape index (κ2) is 5.76. The number of aromatic amines is 1. The smallest absolute Gasteiger partial charge is 0.281 e. The van der Waals surface area contributed by atoms with Crippen molar-refractivity contribution in [2.45, 2.75) is 26.3 Å². The maximum Gasteiger partial charge on any atom is 0.281 e. The summed E-state index contributed by atoms with van der Waals surface area (Å²) in [6, 6.07) is 7.52. The Hall–Kier alpha value is -1.00. The van der Waals surface area contributed by atoms with Gasteiger partial charge in [0.15, 0.2) is 0 Å².